The molecule has 4 heterocycles. The zero-order chi connectivity index (χ0) is 34.8. The lowest BCUT2D eigenvalue weighted by molar-refractivity contribution is -0.132. The first-order chi connectivity index (χ1) is 22.9. The molecule has 14 nitrogen and oxygen atoms in total. The van der Waals surface area contributed by atoms with E-state index in [9.17, 15) is 24.3 Å². The van der Waals surface area contributed by atoms with E-state index < -0.39 is 35.9 Å². The van der Waals surface area contributed by atoms with Crippen LogP contribution in [0.15, 0.2) is 29.8 Å². The van der Waals surface area contributed by atoms with Crippen molar-refractivity contribution in [2.75, 3.05) is 26.2 Å². The molecule has 48 heavy (non-hydrogen) atoms. The zero-order valence-electron chi connectivity index (χ0n) is 27.6. The molecule has 4 N–H and O–H groups in total. The Morgan fingerprint density at radius 2 is 1.94 bits per heavy atom. The Kier molecular flexibility index (Phi) is 13.3. The second-order valence-electron chi connectivity index (χ2n) is 12.2. The van der Waals surface area contributed by atoms with Gasteiger partial charge < -0.3 is 30.7 Å². The topological polar surface area (TPSA) is 181 Å². The highest BCUT2D eigenvalue weighted by Gasteiger charge is 2.31. The fraction of sp³-hybridized carbons (Fsp3) is 0.531. The van der Waals surface area contributed by atoms with Crippen molar-refractivity contribution in [2.45, 2.75) is 78.1 Å². The third-order valence-corrected chi connectivity index (χ3v) is 8.75. The number of ether oxygens (including phenoxy) is 1. The molecule has 260 valence electrons. The van der Waals surface area contributed by atoms with Crippen molar-refractivity contribution in [3.05, 3.63) is 56.8 Å². The SMILES string of the molecule is Cc1nc(CC(=O)N2CCNC(=O)[C@@H](CC(C)C)NC(=O)[C@H]([C@@H](C)O)NC(=O)c3ccc(c(Cl)c3)OCCCn3cc(nn3)CC2)cs1. The molecular formula is C32H43ClN8O6S. The average molecular weight is 703 g/mol. The minimum absolute atomic E-state index is 0.0309. The first kappa shape index (κ1) is 36.8. The summed E-state index contributed by atoms with van der Waals surface area (Å²) in [6.07, 6.45) is 2.03. The number of rotatable bonds is 5. The van der Waals surface area contributed by atoms with Crippen LogP contribution in [0.1, 0.15) is 60.4 Å². The number of fused-ring (bicyclic) bond motifs is 17. The maximum Gasteiger partial charge on any atom is 0.252 e. The Balaban J connectivity index is 1.56. The number of hydrogen-bond donors (Lipinski definition) is 4. The molecule has 0 saturated heterocycles. The molecule has 0 fully saturated rings. The first-order valence-electron chi connectivity index (χ1n) is 16.0. The summed E-state index contributed by atoms with van der Waals surface area (Å²) in [7, 11) is 0. The van der Waals surface area contributed by atoms with Gasteiger partial charge in [-0.1, -0.05) is 30.7 Å². The Morgan fingerprint density at radius 3 is 2.62 bits per heavy atom. The standard InChI is InChI=1S/C32H43ClN8O6S/c1-19(2)14-26-31(45)34-9-12-40(28(43)16-24-18-48-21(4)35-24)11-8-23-17-41(39-38-23)10-5-13-47-27-7-6-22(15-25(27)33)30(44)37-29(20(3)42)32(46)36-26/h6-7,15,17-20,26,29,42H,5,8-14,16H2,1-4H3,(H,34,45)(H,36,46)(H,37,44)/t20-,26-,29+/m1/s1. The van der Waals surface area contributed by atoms with Gasteiger partial charge in [-0.05, 0) is 44.4 Å². The number of nitrogens with zero attached hydrogens (tertiary/aromatic N) is 5. The number of carbonyl (C=O) groups is 4. The second kappa shape index (κ2) is 17.4. The van der Waals surface area contributed by atoms with Crippen LogP contribution >= 0.6 is 22.9 Å². The van der Waals surface area contributed by atoms with Crippen LogP contribution in [0, 0.1) is 12.8 Å². The van der Waals surface area contributed by atoms with Crippen LogP contribution in [0.25, 0.3) is 0 Å². The highest BCUT2D eigenvalue weighted by molar-refractivity contribution is 7.09. The van der Waals surface area contributed by atoms with E-state index in [1.807, 2.05) is 32.3 Å². The van der Waals surface area contributed by atoms with E-state index in [-0.39, 0.29) is 41.9 Å². The summed E-state index contributed by atoms with van der Waals surface area (Å²) in [5.41, 5.74) is 1.55. The van der Waals surface area contributed by atoms with E-state index in [0.717, 1.165) is 5.01 Å². The Labute approximate surface area is 288 Å². The third-order valence-electron chi connectivity index (χ3n) is 7.63. The molecule has 0 saturated carbocycles. The highest BCUT2D eigenvalue weighted by Crippen LogP contribution is 2.26. The van der Waals surface area contributed by atoms with Crippen molar-refractivity contribution < 1.29 is 29.0 Å². The summed E-state index contributed by atoms with van der Waals surface area (Å²) in [5.74, 6) is -1.54. The number of hydrogen-bond acceptors (Lipinski definition) is 10. The van der Waals surface area contributed by atoms with E-state index in [2.05, 4.69) is 31.2 Å². The summed E-state index contributed by atoms with van der Waals surface area (Å²) in [6, 6.07) is 2.19. The quantitative estimate of drug-likeness (QED) is 0.289. The molecule has 2 aliphatic rings. The molecular weight excluding hydrogens is 660 g/mol. The molecule has 0 spiro atoms. The molecule has 4 bridgehead atoms. The molecule has 16 heteroatoms. The molecule has 0 aliphatic carbocycles. The van der Waals surface area contributed by atoms with Crippen LogP contribution in [0.4, 0.5) is 0 Å². The number of benzene rings is 1. The number of aliphatic hydroxyl groups excluding tert-OH is 1. The predicted octanol–water partition coefficient (Wildman–Crippen LogP) is 1.92. The fourth-order valence-corrected chi connectivity index (χ4v) is 5.98. The van der Waals surface area contributed by atoms with Crippen molar-refractivity contribution >= 4 is 46.6 Å². The van der Waals surface area contributed by atoms with Crippen LogP contribution in [-0.4, -0.2) is 98.0 Å². The summed E-state index contributed by atoms with van der Waals surface area (Å²) >= 11 is 7.87. The normalized spacial score (nSPS) is 19.6. The Morgan fingerprint density at radius 1 is 1.15 bits per heavy atom. The number of amides is 4. The van der Waals surface area contributed by atoms with Crippen molar-refractivity contribution in [2.24, 2.45) is 5.92 Å². The smallest absolute Gasteiger partial charge is 0.252 e. The second-order valence-corrected chi connectivity index (χ2v) is 13.6. The van der Waals surface area contributed by atoms with Gasteiger partial charge in [0, 0.05) is 56.2 Å². The Hall–Kier alpha value is -4.08. The zero-order valence-corrected chi connectivity index (χ0v) is 29.1. The van der Waals surface area contributed by atoms with Gasteiger partial charge in [0.1, 0.15) is 17.8 Å². The number of aromatic nitrogens is 4. The lowest BCUT2D eigenvalue weighted by atomic mass is 10.0. The summed E-state index contributed by atoms with van der Waals surface area (Å²) in [6.45, 7) is 8.62. The van der Waals surface area contributed by atoms with Crippen molar-refractivity contribution in [1.29, 1.82) is 0 Å². The summed E-state index contributed by atoms with van der Waals surface area (Å²) < 4.78 is 7.52. The molecule has 3 atom stereocenters. The van der Waals surface area contributed by atoms with Gasteiger partial charge in [-0.3, -0.25) is 23.9 Å². The first-order valence-corrected chi connectivity index (χ1v) is 17.2. The molecule has 2 aromatic heterocycles. The molecule has 1 aromatic carbocycles. The van der Waals surface area contributed by atoms with Gasteiger partial charge in [-0.2, -0.15) is 0 Å². The van der Waals surface area contributed by atoms with Gasteiger partial charge in [0.05, 0.1) is 40.5 Å². The summed E-state index contributed by atoms with van der Waals surface area (Å²) in [5, 5.41) is 29.9. The van der Waals surface area contributed by atoms with Crippen LogP contribution in [-0.2, 0) is 33.8 Å². The number of carbonyl (C=O) groups excluding carboxylic acids is 4. The lowest BCUT2D eigenvalue weighted by Crippen LogP contribution is -2.57. The number of aliphatic hydroxyl groups is 1. The molecule has 5 rings (SSSR count). The van der Waals surface area contributed by atoms with E-state index in [0.29, 0.717) is 56.1 Å². The summed E-state index contributed by atoms with van der Waals surface area (Å²) in [4.78, 5) is 59.3. The van der Waals surface area contributed by atoms with E-state index in [1.54, 1.807) is 15.6 Å². The average Bonchev–Trinajstić information content (AvgIpc) is 3.66. The van der Waals surface area contributed by atoms with Gasteiger partial charge in [0.2, 0.25) is 17.7 Å². The minimum Gasteiger partial charge on any atom is -0.492 e. The van der Waals surface area contributed by atoms with Gasteiger partial charge in [0.25, 0.3) is 5.91 Å². The fourth-order valence-electron chi connectivity index (χ4n) is 5.13. The van der Waals surface area contributed by atoms with Crippen LogP contribution < -0.4 is 20.7 Å². The van der Waals surface area contributed by atoms with Gasteiger partial charge in [0.15, 0.2) is 0 Å². The third kappa shape index (κ3) is 10.7. The number of aryl methyl sites for hydroxylation is 2. The number of halogens is 1. The maximum absolute atomic E-state index is 13.4. The van der Waals surface area contributed by atoms with E-state index in [1.165, 1.54) is 30.4 Å². The molecule has 2 aliphatic heterocycles. The largest absolute Gasteiger partial charge is 0.492 e. The Bertz CT molecular complexity index is 1580. The van der Waals surface area contributed by atoms with Crippen molar-refractivity contribution in [3.63, 3.8) is 0 Å². The number of nitrogens with one attached hydrogen (secondary N) is 3. The van der Waals surface area contributed by atoms with E-state index >= 15 is 0 Å². The van der Waals surface area contributed by atoms with Crippen LogP contribution in [0.2, 0.25) is 5.02 Å². The lowest BCUT2D eigenvalue weighted by Gasteiger charge is -2.26. The molecule has 0 radical (unpaired) electrons. The van der Waals surface area contributed by atoms with Crippen molar-refractivity contribution in [3.8, 4) is 5.75 Å². The van der Waals surface area contributed by atoms with Crippen molar-refractivity contribution in [1.82, 2.24) is 40.8 Å². The highest BCUT2D eigenvalue weighted by atomic mass is 35.5. The molecule has 4 amide bonds. The van der Waals surface area contributed by atoms with Gasteiger partial charge in [-0.15, -0.1) is 16.4 Å². The molecule has 3 aromatic rings. The van der Waals surface area contributed by atoms with Gasteiger partial charge in [-0.25, -0.2) is 4.98 Å². The number of thiazole rings is 1. The van der Waals surface area contributed by atoms with Crippen LogP contribution in [0.3, 0.4) is 0 Å². The minimum atomic E-state index is -1.35. The molecule has 0 unspecified atom stereocenters. The monoisotopic (exact) mass is 702 g/mol. The van der Waals surface area contributed by atoms with Crippen LogP contribution in [0.5, 0.6) is 5.75 Å². The maximum atomic E-state index is 13.4. The van der Waals surface area contributed by atoms with Gasteiger partial charge >= 0.3 is 0 Å². The predicted molar refractivity (Wildman–Crippen MR) is 180 cm³/mol. The van der Waals surface area contributed by atoms with E-state index in [4.69, 9.17) is 16.3 Å².